The number of halogens is 2. The molecule has 0 N–H and O–H groups in total. The van der Waals surface area contributed by atoms with Gasteiger partial charge in [0.15, 0.2) is 0 Å². The second kappa shape index (κ2) is 12.1. The minimum atomic E-state index is 0. The SMILES string of the molecule is C1=CC=CCC=C1.Cl.Cl.[Ru]. The molecule has 0 atom stereocenters. The van der Waals surface area contributed by atoms with Crippen molar-refractivity contribution in [3.63, 3.8) is 0 Å². The Labute approximate surface area is 87.0 Å². The van der Waals surface area contributed by atoms with Crippen LogP contribution in [0.3, 0.4) is 0 Å². The number of rotatable bonds is 0. The zero-order valence-electron chi connectivity index (χ0n) is 5.34. The molecule has 0 aromatic heterocycles. The second-order valence-corrected chi connectivity index (χ2v) is 1.48. The largest absolute Gasteiger partial charge is 0.147 e. The van der Waals surface area contributed by atoms with E-state index < -0.39 is 0 Å². The second-order valence-electron chi connectivity index (χ2n) is 1.48. The summed E-state index contributed by atoms with van der Waals surface area (Å²) in [4.78, 5) is 0. The fourth-order valence-corrected chi connectivity index (χ4v) is 0.521. The first-order valence-corrected chi connectivity index (χ1v) is 2.48. The Hall–Kier alpha value is 0.423. The van der Waals surface area contributed by atoms with E-state index in [2.05, 4.69) is 24.3 Å². The molecule has 0 bridgehead atoms. The van der Waals surface area contributed by atoms with E-state index in [9.17, 15) is 0 Å². The van der Waals surface area contributed by atoms with Crippen molar-refractivity contribution >= 4 is 24.8 Å². The minimum absolute atomic E-state index is 0. The third-order valence-electron chi connectivity index (χ3n) is 0.878. The van der Waals surface area contributed by atoms with Gasteiger partial charge in [-0.25, -0.2) is 0 Å². The maximum absolute atomic E-state index is 2.12. The average molecular weight is 266 g/mol. The Morgan fingerprint density at radius 3 is 1.50 bits per heavy atom. The molecule has 0 radical (unpaired) electrons. The molecule has 0 nitrogen and oxygen atoms in total. The summed E-state index contributed by atoms with van der Waals surface area (Å²) in [6, 6.07) is 0. The zero-order chi connectivity index (χ0) is 4.95. The Kier molecular flexibility index (Phi) is 20.4. The van der Waals surface area contributed by atoms with Gasteiger partial charge in [0.2, 0.25) is 0 Å². The Balaban J connectivity index is -0.000000163. The first-order valence-electron chi connectivity index (χ1n) is 2.48. The van der Waals surface area contributed by atoms with E-state index in [0.29, 0.717) is 0 Å². The van der Waals surface area contributed by atoms with Crippen molar-refractivity contribution in [2.75, 3.05) is 0 Å². The van der Waals surface area contributed by atoms with E-state index >= 15 is 0 Å². The van der Waals surface area contributed by atoms with Crippen molar-refractivity contribution < 1.29 is 19.5 Å². The van der Waals surface area contributed by atoms with Gasteiger partial charge in [-0.2, -0.15) is 0 Å². The quantitative estimate of drug-likeness (QED) is 0.591. The molecule has 60 valence electrons. The summed E-state index contributed by atoms with van der Waals surface area (Å²) in [7, 11) is 0. The maximum Gasteiger partial charge on any atom is 0 e. The third-order valence-corrected chi connectivity index (χ3v) is 0.878. The summed E-state index contributed by atoms with van der Waals surface area (Å²) < 4.78 is 0. The number of hydrogen-bond donors (Lipinski definition) is 0. The van der Waals surface area contributed by atoms with Gasteiger partial charge < -0.3 is 0 Å². The van der Waals surface area contributed by atoms with Crippen LogP contribution >= 0.6 is 24.8 Å². The topological polar surface area (TPSA) is 0 Å². The molecular formula is C7H10Cl2Ru. The molecule has 0 aromatic carbocycles. The average Bonchev–Trinajstić information content (AvgIpc) is 1.90. The molecule has 0 aromatic rings. The van der Waals surface area contributed by atoms with E-state index in [-0.39, 0.29) is 44.3 Å². The summed E-state index contributed by atoms with van der Waals surface area (Å²) in [5, 5.41) is 0. The van der Waals surface area contributed by atoms with Crippen LogP contribution in [-0.4, -0.2) is 0 Å². The van der Waals surface area contributed by atoms with Crippen LogP contribution in [0.25, 0.3) is 0 Å². The Morgan fingerprint density at radius 2 is 1.10 bits per heavy atom. The molecule has 0 unspecified atom stereocenters. The molecule has 10 heavy (non-hydrogen) atoms. The Bertz CT molecular complexity index is 114. The van der Waals surface area contributed by atoms with Crippen LogP contribution in [0, 0.1) is 0 Å². The van der Waals surface area contributed by atoms with E-state index in [1.54, 1.807) is 0 Å². The normalized spacial score (nSPS) is 12.0. The van der Waals surface area contributed by atoms with Crippen LogP contribution in [-0.2, 0) is 19.5 Å². The van der Waals surface area contributed by atoms with Gasteiger partial charge in [-0.15, -0.1) is 24.8 Å². The molecule has 0 heterocycles. The molecule has 0 saturated carbocycles. The van der Waals surface area contributed by atoms with Gasteiger partial charge >= 0.3 is 0 Å². The van der Waals surface area contributed by atoms with Crippen molar-refractivity contribution in [2.45, 2.75) is 6.42 Å². The van der Waals surface area contributed by atoms with Crippen LogP contribution in [0.2, 0.25) is 0 Å². The molecule has 0 spiro atoms. The van der Waals surface area contributed by atoms with Gasteiger partial charge in [0.25, 0.3) is 0 Å². The fraction of sp³-hybridized carbons (Fsp3) is 0.143. The van der Waals surface area contributed by atoms with Crippen LogP contribution in [0.1, 0.15) is 6.42 Å². The van der Waals surface area contributed by atoms with E-state index in [4.69, 9.17) is 0 Å². The van der Waals surface area contributed by atoms with Gasteiger partial charge in [-0.05, 0) is 6.42 Å². The summed E-state index contributed by atoms with van der Waals surface area (Å²) in [5.74, 6) is 0. The molecular weight excluding hydrogens is 256 g/mol. The third kappa shape index (κ3) is 8.42. The summed E-state index contributed by atoms with van der Waals surface area (Å²) >= 11 is 0. The van der Waals surface area contributed by atoms with E-state index in [1.165, 1.54) is 0 Å². The van der Waals surface area contributed by atoms with Crippen LogP contribution in [0.15, 0.2) is 36.5 Å². The van der Waals surface area contributed by atoms with Crippen molar-refractivity contribution in [2.24, 2.45) is 0 Å². The predicted octanol–water partition coefficient (Wildman–Crippen LogP) is 2.90. The van der Waals surface area contributed by atoms with Crippen molar-refractivity contribution in [3.05, 3.63) is 36.5 Å². The number of hydrogen-bond acceptors (Lipinski definition) is 0. The molecule has 1 aliphatic rings. The minimum Gasteiger partial charge on any atom is -0.147 e. The number of allylic oxidation sites excluding steroid dienone is 6. The fourth-order valence-electron chi connectivity index (χ4n) is 0.521. The van der Waals surface area contributed by atoms with Gasteiger partial charge in [0.05, 0.1) is 0 Å². The van der Waals surface area contributed by atoms with Gasteiger partial charge in [0.1, 0.15) is 0 Å². The molecule has 3 heteroatoms. The maximum atomic E-state index is 2.12. The summed E-state index contributed by atoms with van der Waals surface area (Å²) in [5.41, 5.74) is 0. The van der Waals surface area contributed by atoms with Crippen molar-refractivity contribution in [3.8, 4) is 0 Å². The summed E-state index contributed by atoms with van der Waals surface area (Å²) in [6.45, 7) is 0. The van der Waals surface area contributed by atoms with E-state index in [0.717, 1.165) is 6.42 Å². The predicted molar refractivity (Wildman–Crippen MR) is 46.5 cm³/mol. The smallest absolute Gasteiger partial charge is 0 e. The van der Waals surface area contributed by atoms with Crippen LogP contribution in [0.5, 0.6) is 0 Å². The first-order chi connectivity index (χ1) is 3.50. The monoisotopic (exact) mass is 266 g/mol. The van der Waals surface area contributed by atoms with Crippen molar-refractivity contribution in [1.29, 1.82) is 0 Å². The van der Waals surface area contributed by atoms with Crippen LogP contribution < -0.4 is 0 Å². The van der Waals surface area contributed by atoms with E-state index in [1.807, 2.05) is 12.2 Å². The van der Waals surface area contributed by atoms with Gasteiger partial charge in [0, 0.05) is 19.5 Å². The summed E-state index contributed by atoms with van der Waals surface area (Å²) in [6.07, 6.45) is 13.5. The van der Waals surface area contributed by atoms with Crippen molar-refractivity contribution in [1.82, 2.24) is 0 Å². The standard InChI is InChI=1S/C7H8.2ClH.Ru/c1-2-4-6-7-5-3-1;;;/h1-6H,7H2;2*1H;. The molecule has 1 rings (SSSR count). The van der Waals surface area contributed by atoms with Gasteiger partial charge in [-0.3, -0.25) is 0 Å². The molecule has 0 saturated heterocycles. The molecule has 0 fully saturated rings. The van der Waals surface area contributed by atoms with Gasteiger partial charge in [-0.1, -0.05) is 36.5 Å². The van der Waals surface area contributed by atoms with Crippen LogP contribution in [0.4, 0.5) is 0 Å². The molecule has 1 aliphatic carbocycles. The molecule has 0 amide bonds. The zero-order valence-corrected chi connectivity index (χ0v) is 8.71. The first kappa shape index (κ1) is 16.8. The Morgan fingerprint density at radius 1 is 0.700 bits per heavy atom. The molecule has 0 aliphatic heterocycles.